The van der Waals surface area contributed by atoms with Crippen LogP contribution < -0.4 is 4.57 Å². The van der Waals surface area contributed by atoms with Gasteiger partial charge in [0.2, 0.25) is 5.51 Å². The second-order valence-electron chi connectivity index (χ2n) is 13.2. The highest BCUT2D eigenvalue weighted by molar-refractivity contribution is 7.85. The van der Waals surface area contributed by atoms with Crippen LogP contribution in [-0.4, -0.2) is 45.2 Å². The largest absolute Gasteiger partial charge is 0.744 e. The third-order valence-electron chi connectivity index (χ3n) is 8.79. The van der Waals surface area contributed by atoms with Crippen LogP contribution in [0.1, 0.15) is 147 Å². The standard InChI is InChI=1S/C31H58NO3S.C7H8O3S/c1-3-4-5-6-7-8-9-10-11-12-13-14-15-16-19-22-31-34-26-30(35-31)25-33-24-21-18-17-20-23-32-28-36-27-29(32)2;1-6-2-4-7(5-3-6)11(8,9)10/h27-28,30-31H,3-26H2,1-2H3;2-5H,1H3,(H,8,9,10)/q+1;/p-1/t30-,31-;/m0./s1. The second-order valence-corrected chi connectivity index (χ2v) is 15.3. The van der Waals surface area contributed by atoms with Crippen LogP contribution in [0.5, 0.6) is 0 Å². The van der Waals surface area contributed by atoms with Gasteiger partial charge in [-0.05, 0) is 44.7 Å². The second kappa shape index (κ2) is 26.5. The van der Waals surface area contributed by atoms with Crippen molar-refractivity contribution in [3.8, 4) is 0 Å². The van der Waals surface area contributed by atoms with Gasteiger partial charge >= 0.3 is 0 Å². The van der Waals surface area contributed by atoms with E-state index >= 15 is 0 Å². The van der Waals surface area contributed by atoms with Crippen LogP contribution in [0.25, 0.3) is 0 Å². The molecule has 1 aliphatic rings. The van der Waals surface area contributed by atoms with E-state index in [4.69, 9.17) is 14.2 Å². The zero-order valence-corrected chi connectivity index (χ0v) is 31.4. The number of benzene rings is 1. The van der Waals surface area contributed by atoms with E-state index in [0.717, 1.165) is 31.6 Å². The Balaban J connectivity index is 0.000000587. The molecule has 1 aromatic carbocycles. The number of ether oxygens (including phenoxy) is 3. The molecule has 1 aromatic heterocycles. The van der Waals surface area contributed by atoms with Crippen molar-refractivity contribution in [3.05, 3.63) is 46.4 Å². The number of unbranched alkanes of at least 4 members (excludes halogenated alkanes) is 17. The van der Waals surface area contributed by atoms with Crippen molar-refractivity contribution in [3.63, 3.8) is 0 Å². The van der Waals surface area contributed by atoms with E-state index in [2.05, 4.69) is 29.3 Å². The van der Waals surface area contributed by atoms with E-state index in [0.29, 0.717) is 13.2 Å². The summed E-state index contributed by atoms with van der Waals surface area (Å²) in [6.45, 7) is 9.66. The van der Waals surface area contributed by atoms with Crippen molar-refractivity contribution < 1.29 is 31.7 Å². The summed E-state index contributed by atoms with van der Waals surface area (Å²) in [6, 6.07) is 5.78. The summed E-state index contributed by atoms with van der Waals surface area (Å²) in [5.41, 5.74) is 4.52. The van der Waals surface area contributed by atoms with Crippen LogP contribution in [0, 0.1) is 13.8 Å². The monoisotopic (exact) mass is 695 g/mol. The molecular formula is C38H65NO6S2. The lowest BCUT2D eigenvalue weighted by molar-refractivity contribution is -0.698. The van der Waals surface area contributed by atoms with Crippen LogP contribution in [-0.2, 0) is 30.9 Å². The normalized spacial score (nSPS) is 16.3. The number of thiazole rings is 1. The molecule has 0 N–H and O–H groups in total. The van der Waals surface area contributed by atoms with Crippen molar-refractivity contribution in [2.75, 3.05) is 19.8 Å². The zero-order valence-electron chi connectivity index (χ0n) is 29.8. The molecule has 2 heterocycles. The average Bonchev–Trinajstić information content (AvgIpc) is 3.68. The van der Waals surface area contributed by atoms with E-state index in [1.807, 2.05) is 6.92 Å². The fourth-order valence-electron chi connectivity index (χ4n) is 5.77. The lowest BCUT2D eigenvalue weighted by atomic mass is 10.0. The Morgan fingerprint density at radius 2 is 1.36 bits per heavy atom. The SMILES string of the molecule is CCCCCCCCCCCCCCCCC[C@H]1OC[C@H](COCCCCCC[n+]2cscc2C)O1.Cc1ccc(S(=O)(=O)[O-])cc1. The van der Waals surface area contributed by atoms with E-state index < -0.39 is 10.1 Å². The fraction of sp³-hybridized carbons (Fsp3) is 0.763. The Morgan fingerprint density at radius 1 is 0.809 bits per heavy atom. The van der Waals surface area contributed by atoms with Crippen LogP contribution in [0.15, 0.2) is 40.1 Å². The minimum absolute atomic E-state index is 0.00126. The molecule has 2 atom stereocenters. The highest BCUT2D eigenvalue weighted by Crippen LogP contribution is 2.19. The van der Waals surface area contributed by atoms with E-state index in [-0.39, 0.29) is 17.3 Å². The summed E-state index contributed by atoms with van der Waals surface area (Å²) in [7, 11) is -4.27. The molecule has 1 fully saturated rings. The van der Waals surface area contributed by atoms with Crippen molar-refractivity contribution in [2.24, 2.45) is 0 Å². The molecule has 1 aliphatic heterocycles. The number of aryl methyl sites for hydroxylation is 3. The molecule has 7 nitrogen and oxygen atoms in total. The number of aromatic nitrogens is 1. The van der Waals surface area contributed by atoms with Gasteiger partial charge in [-0.25, -0.2) is 8.42 Å². The summed E-state index contributed by atoms with van der Waals surface area (Å²) < 4.78 is 51.2. The van der Waals surface area contributed by atoms with Gasteiger partial charge in [0.05, 0.1) is 23.5 Å². The third kappa shape index (κ3) is 21.4. The predicted octanol–water partition coefficient (Wildman–Crippen LogP) is 9.82. The Morgan fingerprint density at radius 3 is 1.91 bits per heavy atom. The first-order valence-corrected chi connectivity index (χ1v) is 20.9. The smallest absolute Gasteiger partial charge is 0.224 e. The molecule has 0 aliphatic carbocycles. The van der Waals surface area contributed by atoms with Gasteiger partial charge in [-0.3, -0.25) is 0 Å². The maximum atomic E-state index is 10.4. The predicted molar refractivity (Wildman–Crippen MR) is 192 cm³/mol. The van der Waals surface area contributed by atoms with Gasteiger partial charge in [-0.2, -0.15) is 4.57 Å². The molecule has 0 spiro atoms. The van der Waals surface area contributed by atoms with Crippen LogP contribution in [0.3, 0.4) is 0 Å². The van der Waals surface area contributed by atoms with Gasteiger partial charge in [0.15, 0.2) is 12.0 Å². The Labute approximate surface area is 291 Å². The first kappa shape index (κ1) is 41.8. The van der Waals surface area contributed by atoms with E-state index in [9.17, 15) is 13.0 Å². The first-order chi connectivity index (χ1) is 22.8. The highest BCUT2D eigenvalue weighted by atomic mass is 32.2. The van der Waals surface area contributed by atoms with Crippen LogP contribution in [0.4, 0.5) is 0 Å². The Hall–Kier alpha value is -1.36. The molecule has 0 radical (unpaired) electrons. The molecule has 0 unspecified atom stereocenters. The van der Waals surface area contributed by atoms with Gasteiger partial charge in [-0.1, -0.05) is 132 Å². The first-order valence-electron chi connectivity index (χ1n) is 18.6. The van der Waals surface area contributed by atoms with Crippen LogP contribution >= 0.6 is 11.3 Å². The van der Waals surface area contributed by atoms with Crippen molar-refractivity contribution in [2.45, 2.75) is 173 Å². The summed E-state index contributed by atoms with van der Waals surface area (Å²) in [4.78, 5) is -0.178. The summed E-state index contributed by atoms with van der Waals surface area (Å²) in [5, 5.41) is 2.22. The summed E-state index contributed by atoms with van der Waals surface area (Å²) >= 11 is 1.79. The average molecular weight is 696 g/mol. The van der Waals surface area contributed by atoms with E-state index in [1.165, 1.54) is 133 Å². The molecule has 0 saturated carbocycles. The molecule has 2 aromatic rings. The topological polar surface area (TPSA) is 88.8 Å². The van der Waals surface area contributed by atoms with Gasteiger partial charge in [0, 0.05) is 20.0 Å². The molecular weight excluding hydrogens is 631 g/mol. The zero-order chi connectivity index (χ0) is 34.0. The molecule has 47 heavy (non-hydrogen) atoms. The van der Waals surface area contributed by atoms with Crippen molar-refractivity contribution in [1.82, 2.24) is 0 Å². The highest BCUT2D eigenvalue weighted by Gasteiger charge is 2.25. The Kier molecular flexibility index (Phi) is 23.6. The molecule has 270 valence electrons. The van der Waals surface area contributed by atoms with Gasteiger partial charge in [0.25, 0.3) is 0 Å². The molecule has 0 amide bonds. The molecule has 0 bridgehead atoms. The number of nitrogens with zero attached hydrogens (tertiary/aromatic N) is 1. The van der Waals surface area contributed by atoms with E-state index in [1.54, 1.807) is 23.5 Å². The van der Waals surface area contributed by atoms with Crippen molar-refractivity contribution in [1.29, 1.82) is 0 Å². The lowest BCUT2D eigenvalue weighted by Crippen LogP contribution is -2.33. The molecule has 9 heteroatoms. The lowest BCUT2D eigenvalue weighted by Gasteiger charge is -2.12. The van der Waals surface area contributed by atoms with Gasteiger partial charge in [0.1, 0.15) is 22.8 Å². The number of rotatable bonds is 26. The Bertz CT molecular complexity index is 1120. The van der Waals surface area contributed by atoms with Gasteiger partial charge < -0.3 is 18.8 Å². The summed E-state index contributed by atoms with van der Waals surface area (Å²) in [6.07, 6.45) is 27.2. The molecule has 1 saturated heterocycles. The maximum absolute atomic E-state index is 10.4. The van der Waals surface area contributed by atoms with Gasteiger partial charge in [-0.15, -0.1) is 0 Å². The maximum Gasteiger partial charge on any atom is 0.224 e. The quantitative estimate of drug-likeness (QED) is 0.0553. The minimum Gasteiger partial charge on any atom is -0.744 e. The third-order valence-corrected chi connectivity index (χ3v) is 10.5. The molecule has 3 rings (SSSR count). The number of hydrogen-bond acceptors (Lipinski definition) is 7. The van der Waals surface area contributed by atoms with Crippen LogP contribution in [0.2, 0.25) is 0 Å². The van der Waals surface area contributed by atoms with Crippen molar-refractivity contribution >= 4 is 21.5 Å². The fourth-order valence-corrected chi connectivity index (χ4v) is 7.05. The minimum atomic E-state index is -4.27. The summed E-state index contributed by atoms with van der Waals surface area (Å²) in [5.74, 6) is 0. The number of hydrogen-bond donors (Lipinski definition) is 0.